The molecule has 0 radical (unpaired) electrons. The summed E-state index contributed by atoms with van der Waals surface area (Å²) in [5.41, 5.74) is 4.96. The van der Waals surface area contributed by atoms with Crippen LogP contribution in [0.2, 0.25) is 0 Å². The molecule has 7 heteroatoms. The summed E-state index contributed by atoms with van der Waals surface area (Å²) in [7, 11) is -3.34. The van der Waals surface area contributed by atoms with Gasteiger partial charge in [0.25, 0.3) is 0 Å². The van der Waals surface area contributed by atoms with Gasteiger partial charge in [-0.25, -0.2) is 21.8 Å². The van der Waals surface area contributed by atoms with Gasteiger partial charge in [0.2, 0.25) is 10.0 Å². The van der Waals surface area contributed by atoms with Crippen LogP contribution in [0, 0.1) is 12.7 Å². The standard InChI is InChI=1S/C31H34FN3O2S/c1-23-18-30-25(21-33-35(30)27-14-12-26(32)13-15-27)19-29(23)31(20-24-8-4-2-5-9-24)16-17-34(22-31)38(36,37)28-10-6-3-7-11-28/h2,4-5,8-9,12-15,18-19,21,28H,3,6-7,10-11,16-17,20,22H2,1H3. The molecule has 0 N–H and O–H groups in total. The number of sulfonamides is 1. The van der Waals surface area contributed by atoms with Crippen molar-refractivity contribution in [2.24, 2.45) is 0 Å². The number of halogens is 1. The van der Waals surface area contributed by atoms with Gasteiger partial charge in [-0.05, 0) is 85.7 Å². The van der Waals surface area contributed by atoms with E-state index in [0.29, 0.717) is 13.1 Å². The molecule has 4 aromatic rings. The van der Waals surface area contributed by atoms with Gasteiger partial charge < -0.3 is 0 Å². The lowest BCUT2D eigenvalue weighted by Gasteiger charge is -2.33. The number of benzene rings is 3. The second-order valence-electron chi connectivity index (χ2n) is 11.1. The molecule has 1 unspecified atom stereocenters. The Morgan fingerprint density at radius 2 is 1.74 bits per heavy atom. The van der Waals surface area contributed by atoms with Crippen molar-refractivity contribution in [1.82, 2.24) is 14.1 Å². The van der Waals surface area contributed by atoms with Crippen molar-refractivity contribution in [2.75, 3.05) is 13.1 Å². The highest BCUT2D eigenvalue weighted by Crippen LogP contribution is 2.43. The minimum absolute atomic E-state index is 0.249. The molecule has 198 valence electrons. The Hall–Kier alpha value is -3.03. The summed E-state index contributed by atoms with van der Waals surface area (Å²) >= 11 is 0. The van der Waals surface area contributed by atoms with Gasteiger partial charge in [0.1, 0.15) is 5.82 Å². The Morgan fingerprint density at radius 3 is 2.47 bits per heavy atom. The van der Waals surface area contributed by atoms with Crippen molar-refractivity contribution in [3.8, 4) is 5.69 Å². The maximum atomic E-state index is 13.7. The lowest BCUT2D eigenvalue weighted by atomic mass is 9.73. The van der Waals surface area contributed by atoms with Crippen molar-refractivity contribution < 1.29 is 12.8 Å². The van der Waals surface area contributed by atoms with Gasteiger partial charge in [-0.3, -0.25) is 0 Å². The Bertz CT molecular complexity index is 1540. The summed E-state index contributed by atoms with van der Waals surface area (Å²) in [4.78, 5) is 0. The molecule has 2 fully saturated rings. The van der Waals surface area contributed by atoms with Gasteiger partial charge in [-0.15, -0.1) is 0 Å². The van der Waals surface area contributed by atoms with E-state index in [1.54, 1.807) is 16.4 Å². The van der Waals surface area contributed by atoms with Crippen LogP contribution in [0.3, 0.4) is 0 Å². The maximum Gasteiger partial charge on any atom is 0.217 e. The van der Waals surface area contributed by atoms with Crippen molar-refractivity contribution in [1.29, 1.82) is 0 Å². The van der Waals surface area contributed by atoms with E-state index in [0.717, 1.165) is 67.1 Å². The van der Waals surface area contributed by atoms with Crippen LogP contribution >= 0.6 is 0 Å². The van der Waals surface area contributed by atoms with Gasteiger partial charge >= 0.3 is 0 Å². The van der Waals surface area contributed by atoms with E-state index in [4.69, 9.17) is 0 Å². The highest BCUT2D eigenvalue weighted by atomic mass is 32.2. The SMILES string of the molecule is Cc1cc2c(cnn2-c2ccc(F)cc2)cc1C1(Cc2ccccc2)CCN(S(=O)(=O)C2CCCCC2)C1. The van der Waals surface area contributed by atoms with E-state index < -0.39 is 10.0 Å². The molecule has 0 bridgehead atoms. The van der Waals surface area contributed by atoms with Crippen LogP contribution in [0.15, 0.2) is 72.9 Å². The van der Waals surface area contributed by atoms with Crippen LogP contribution in [0.25, 0.3) is 16.6 Å². The van der Waals surface area contributed by atoms with Gasteiger partial charge in [-0.2, -0.15) is 5.10 Å². The number of fused-ring (bicyclic) bond motifs is 1. The first-order chi connectivity index (χ1) is 18.4. The third kappa shape index (κ3) is 4.56. The van der Waals surface area contributed by atoms with E-state index in [1.165, 1.54) is 23.3 Å². The quantitative estimate of drug-likeness (QED) is 0.293. The fourth-order valence-electron chi connectivity index (χ4n) is 6.61. The molecule has 1 atom stereocenters. The van der Waals surface area contributed by atoms with E-state index in [9.17, 15) is 12.8 Å². The fraction of sp³-hybridized carbons (Fsp3) is 0.387. The molecule has 1 saturated heterocycles. The normalized spacial score (nSPS) is 21.3. The molecule has 0 spiro atoms. The Labute approximate surface area is 224 Å². The summed E-state index contributed by atoms with van der Waals surface area (Å²) in [6.07, 6.45) is 8.10. The van der Waals surface area contributed by atoms with Crippen molar-refractivity contribution in [3.05, 3.63) is 95.4 Å². The average Bonchev–Trinajstić information content (AvgIpc) is 3.55. The first kappa shape index (κ1) is 25.3. The third-order valence-corrected chi connectivity index (χ3v) is 10.9. The molecule has 38 heavy (non-hydrogen) atoms. The van der Waals surface area contributed by atoms with E-state index in [1.807, 2.05) is 16.9 Å². The molecule has 2 aliphatic rings. The second kappa shape index (κ2) is 9.93. The average molecular weight is 532 g/mol. The summed E-state index contributed by atoms with van der Waals surface area (Å²) in [6.45, 7) is 3.17. The van der Waals surface area contributed by atoms with Crippen LogP contribution < -0.4 is 0 Å². The largest absolute Gasteiger partial charge is 0.233 e. The van der Waals surface area contributed by atoms with Crippen molar-refractivity contribution >= 4 is 20.9 Å². The number of hydrogen-bond donors (Lipinski definition) is 0. The molecule has 1 aromatic heterocycles. The van der Waals surface area contributed by atoms with Gasteiger partial charge in [-0.1, -0.05) is 49.6 Å². The van der Waals surface area contributed by atoms with Crippen LogP contribution in [-0.4, -0.2) is 40.8 Å². The predicted molar refractivity (Wildman–Crippen MR) is 150 cm³/mol. The number of hydrogen-bond acceptors (Lipinski definition) is 3. The zero-order chi connectivity index (χ0) is 26.3. The molecule has 3 aromatic carbocycles. The highest BCUT2D eigenvalue weighted by Gasteiger charge is 2.46. The van der Waals surface area contributed by atoms with E-state index in [-0.39, 0.29) is 16.5 Å². The van der Waals surface area contributed by atoms with Crippen LogP contribution in [0.4, 0.5) is 4.39 Å². The van der Waals surface area contributed by atoms with E-state index >= 15 is 0 Å². The van der Waals surface area contributed by atoms with Crippen LogP contribution in [0.5, 0.6) is 0 Å². The molecular formula is C31H34FN3O2S. The number of aromatic nitrogens is 2. The maximum absolute atomic E-state index is 13.7. The van der Waals surface area contributed by atoms with Gasteiger partial charge in [0.05, 0.1) is 22.7 Å². The number of nitrogens with zero attached hydrogens (tertiary/aromatic N) is 3. The summed E-state index contributed by atoms with van der Waals surface area (Å²) in [5.74, 6) is -0.277. The Kier molecular flexibility index (Phi) is 6.60. The summed E-state index contributed by atoms with van der Waals surface area (Å²) in [5, 5.41) is 5.36. The summed E-state index contributed by atoms with van der Waals surface area (Å²) < 4.78 is 44.6. The van der Waals surface area contributed by atoms with Crippen molar-refractivity contribution in [2.45, 2.75) is 62.5 Å². The lowest BCUT2D eigenvalue weighted by Crippen LogP contribution is -2.41. The van der Waals surface area contributed by atoms with E-state index in [2.05, 4.69) is 48.4 Å². The minimum atomic E-state index is -3.34. The smallest absolute Gasteiger partial charge is 0.217 e. The van der Waals surface area contributed by atoms with Gasteiger partial charge in [0, 0.05) is 23.9 Å². The number of rotatable bonds is 6. The topological polar surface area (TPSA) is 55.2 Å². The molecule has 1 aliphatic heterocycles. The predicted octanol–water partition coefficient (Wildman–Crippen LogP) is 6.32. The molecule has 1 saturated carbocycles. The van der Waals surface area contributed by atoms with Gasteiger partial charge in [0.15, 0.2) is 0 Å². The first-order valence-corrected chi connectivity index (χ1v) is 15.1. The van der Waals surface area contributed by atoms with Crippen LogP contribution in [0.1, 0.15) is 55.2 Å². The molecule has 0 amide bonds. The third-order valence-electron chi connectivity index (χ3n) is 8.59. The monoisotopic (exact) mass is 531 g/mol. The fourth-order valence-corrected chi connectivity index (χ4v) is 8.73. The summed E-state index contributed by atoms with van der Waals surface area (Å²) in [6, 6.07) is 21.1. The van der Waals surface area contributed by atoms with Crippen LogP contribution in [-0.2, 0) is 21.9 Å². The highest BCUT2D eigenvalue weighted by molar-refractivity contribution is 7.89. The molecule has 2 heterocycles. The Morgan fingerprint density at radius 1 is 1.00 bits per heavy atom. The first-order valence-electron chi connectivity index (χ1n) is 13.6. The Balaban J connectivity index is 1.41. The zero-order valence-corrected chi connectivity index (χ0v) is 22.6. The second-order valence-corrected chi connectivity index (χ2v) is 13.3. The lowest BCUT2D eigenvalue weighted by molar-refractivity contribution is 0.396. The molecular weight excluding hydrogens is 497 g/mol. The van der Waals surface area contributed by atoms with Crippen molar-refractivity contribution in [3.63, 3.8) is 0 Å². The minimum Gasteiger partial charge on any atom is -0.233 e. The molecule has 1 aliphatic carbocycles. The number of aryl methyl sites for hydroxylation is 1. The molecule has 6 rings (SSSR count). The molecule has 5 nitrogen and oxygen atoms in total. The zero-order valence-electron chi connectivity index (χ0n) is 21.8.